The van der Waals surface area contributed by atoms with Crippen molar-refractivity contribution in [2.75, 3.05) is 6.54 Å². The van der Waals surface area contributed by atoms with Gasteiger partial charge in [-0.25, -0.2) is 0 Å². The second-order valence-electron chi connectivity index (χ2n) is 6.21. The molecule has 0 unspecified atom stereocenters. The summed E-state index contributed by atoms with van der Waals surface area (Å²) >= 11 is 0. The topological polar surface area (TPSA) is 58.3 Å². The molecule has 1 aliphatic rings. The molecule has 0 amide bonds. The molecule has 0 aromatic heterocycles. The Bertz CT molecular complexity index is 302. The first kappa shape index (κ1) is 18.4. The van der Waals surface area contributed by atoms with Gasteiger partial charge in [-0.15, -0.1) is 0 Å². The fourth-order valence-electron chi connectivity index (χ4n) is 2.71. The van der Waals surface area contributed by atoms with Crippen LogP contribution in [0.3, 0.4) is 0 Å². The minimum absolute atomic E-state index is 0.0863. The molecule has 0 aromatic rings. The third-order valence-corrected chi connectivity index (χ3v) is 4.19. The number of nitrogens with two attached hydrogens (primary N) is 1. The van der Waals surface area contributed by atoms with E-state index in [-0.39, 0.29) is 12.1 Å². The number of piperidine rings is 1. The highest BCUT2D eigenvalue weighted by atomic mass is 16.3. The van der Waals surface area contributed by atoms with E-state index in [0.717, 1.165) is 19.4 Å². The van der Waals surface area contributed by atoms with Crippen LogP contribution in [-0.4, -0.2) is 29.8 Å². The van der Waals surface area contributed by atoms with Crippen LogP contribution < -0.4 is 11.1 Å². The molecule has 1 fully saturated rings. The van der Waals surface area contributed by atoms with E-state index >= 15 is 0 Å². The first-order valence-electron chi connectivity index (χ1n) is 8.72. The molecule has 21 heavy (non-hydrogen) atoms. The number of nitrogens with one attached hydrogen (secondary N) is 1. The number of hydrogen-bond acceptors (Lipinski definition) is 3. The molecule has 3 heteroatoms. The molecule has 4 N–H and O–H groups in total. The highest BCUT2D eigenvalue weighted by Gasteiger charge is 2.25. The number of aliphatic hydroxyl groups is 1. The number of hydrogen-bond donors (Lipinski definition) is 3. The van der Waals surface area contributed by atoms with Gasteiger partial charge in [-0.05, 0) is 32.1 Å². The van der Waals surface area contributed by atoms with E-state index in [1.807, 2.05) is 0 Å². The van der Waals surface area contributed by atoms with Gasteiger partial charge in [0.1, 0.15) is 0 Å². The summed E-state index contributed by atoms with van der Waals surface area (Å²) in [7, 11) is 0. The van der Waals surface area contributed by atoms with Crippen LogP contribution in [0.25, 0.3) is 0 Å². The summed E-state index contributed by atoms with van der Waals surface area (Å²) in [4.78, 5) is 0. The van der Waals surface area contributed by atoms with E-state index in [2.05, 4.69) is 36.5 Å². The molecule has 3 atom stereocenters. The second kappa shape index (κ2) is 12.0. The molecule has 1 rings (SSSR count). The van der Waals surface area contributed by atoms with Gasteiger partial charge in [0.15, 0.2) is 0 Å². The zero-order valence-electron chi connectivity index (χ0n) is 13.6. The summed E-state index contributed by atoms with van der Waals surface area (Å²) in [6.07, 6.45) is 19.2. The zero-order chi connectivity index (χ0) is 15.3. The number of aliphatic hydroxyl groups excluding tert-OH is 1. The lowest BCUT2D eigenvalue weighted by atomic mass is 9.94. The van der Waals surface area contributed by atoms with E-state index < -0.39 is 0 Å². The summed E-state index contributed by atoms with van der Waals surface area (Å²) in [6, 6.07) is 0.369. The molecule has 0 radical (unpaired) electrons. The molecule has 0 bridgehead atoms. The van der Waals surface area contributed by atoms with Gasteiger partial charge in [-0.3, -0.25) is 0 Å². The Labute approximate surface area is 130 Å². The third kappa shape index (κ3) is 9.07. The second-order valence-corrected chi connectivity index (χ2v) is 6.21. The van der Waals surface area contributed by atoms with Crippen LogP contribution in [0.4, 0.5) is 0 Å². The van der Waals surface area contributed by atoms with E-state index in [1.54, 1.807) is 0 Å². The minimum atomic E-state index is -0.321. The van der Waals surface area contributed by atoms with Crippen molar-refractivity contribution in [1.29, 1.82) is 0 Å². The standard InChI is InChI=1S/C18H34N2O/c1-2-3-4-5-6-7-8-9-10-11-12-13-16-14-18(21)17(19)15-20-16/h5-8,16-18,20-21H,2-4,9-15,19H2,1H3/b6-5+,8-7+/t16-,17-,18+/m1/s1. The van der Waals surface area contributed by atoms with Crippen molar-refractivity contribution >= 4 is 0 Å². The highest BCUT2D eigenvalue weighted by Crippen LogP contribution is 2.14. The maximum Gasteiger partial charge on any atom is 0.0718 e. The Morgan fingerprint density at radius 3 is 2.48 bits per heavy atom. The lowest BCUT2D eigenvalue weighted by Gasteiger charge is -2.32. The largest absolute Gasteiger partial charge is 0.391 e. The van der Waals surface area contributed by atoms with Gasteiger partial charge in [0.25, 0.3) is 0 Å². The SMILES string of the molecule is CCCC/C=C/C=C/CCCCC[C@@H]1C[C@H](O)[C@H](N)CN1. The Kier molecular flexibility index (Phi) is 10.5. The van der Waals surface area contributed by atoms with Crippen LogP contribution in [0.5, 0.6) is 0 Å². The monoisotopic (exact) mass is 294 g/mol. The van der Waals surface area contributed by atoms with Gasteiger partial charge < -0.3 is 16.2 Å². The van der Waals surface area contributed by atoms with Crippen LogP contribution in [0.15, 0.2) is 24.3 Å². The smallest absolute Gasteiger partial charge is 0.0718 e. The van der Waals surface area contributed by atoms with Crippen molar-refractivity contribution in [3.05, 3.63) is 24.3 Å². The molecule has 122 valence electrons. The maximum absolute atomic E-state index is 9.74. The molecular weight excluding hydrogens is 260 g/mol. The van der Waals surface area contributed by atoms with Crippen molar-refractivity contribution in [2.45, 2.75) is 82.9 Å². The number of rotatable bonds is 10. The molecule has 1 saturated heterocycles. The summed E-state index contributed by atoms with van der Waals surface area (Å²) < 4.78 is 0. The van der Waals surface area contributed by atoms with Gasteiger partial charge in [0, 0.05) is 18.6 Å². The predicted octanol–water partition coefficient (Wildman–Crippen LogP) is 3.29. The molecule has 1 heterocycles. The lowest BCUT2D eigenvalue weighted by molar-refractivity contribution is 0.0936. The van der Waals surface area contributed by atoms with Crippen molar-refractivity contribution in [1.82, 2.24) is 5.32 Å². The van der Waals surface area contributed by atoms with Gasteiger partial charge in [0.05, 0.1) is 6.10 Å². The Morgan fingerprint density at radius 2 is 1.81 bits per heavy atom. The first-order valence-corrected chi connectivity index (χ1v) is 8.72. The minimum Gasteiger partial charge on any atom is -0.391 e. The van der Waals surface area contributed by atoms with Crippen LogP contribution in [0.2, 0.25) is 0 Å². The summed E-state index contributed by atoms with van der Waals surface area (Å²) in [5.41, 5.74) is 5.78. The Morgan fingerprint density at radius 1 is 1.10 bits per heavy atom. The molecular formula is C18H34N2O. The average molecular weight is 294 g/mol. The first-order chi connectivity index (χ1) is 10.2. The highest BCUT2D eigenvalue weighted by molar-refractivity contribution is 5.02. The molecule has 0 saturated carbocycles. The fraction of sp³-hybridized carbons (Fsp3) is 0.778. The van der Waals surface area contributed by atoms with Crippen molar-refractivity contribution in [3.8, 4) is 0 Å². The summed E-state index contributed by atoms with van der Waals surface area (Å²) in [5, 5.41) is 13.2. The van der Waals surface area contributed by atoms with Gasteiger partial charge >= 0.3 is 0 Å². The van der Waals surface area contributed by atoms with Gasteiger partial charge in [-0.2, -0.15) is 0 Å². The molecule has 0 spiro atoms. The molecule has 3 nitrogen and oxygen atoms in total. The fourth-order valence-corrected chi connectivity index (χ4v) is 2.71. The van der Waals surface area contributed by atoms with Crippen molar-refractivity contribution < 1.29 is 5.11 Å². The van der Waals surface area contributed by atoms with Crippen molar-refractivity contribution in [3.63, 3.8) is 0 Å². The van der Waals surface area contributed by atoms with Gasteiger partial charge in [-0.1, -0.05) is 56.9 Å². The molecule has 0 aromatic carbocycles. The third-order valence-electron chi connectivity index (χ3n) is 4.19. The van der Waals surface area contributed by atoms with E-state index in [9.17, 15) is 5.11 Å². The van der Waals surface area contributed by atoms with E-state index in [1.165, 1.54) is 44.9 Å². The predicted molar refractivity (Wildman–Crippen MR) is 91.3 cm³/mol. The Balaban J connectivity index is 1.93. The van der Waals surface area contributed by atoms with Gasteiger partial charge in [0.2, 0.25) is 0 Å². The zero-order valence-corrected chi connectivity index (χ0v) is 13.6. The summed E-state index contributed by atoms with van der Waals surface area (Å²) in [5.74, 6) is 0. The maximum atomic E-state index is 9.74. The summed E-state index contributed by atoms with van der Waals surface area (Å²) in [6.45, 7) is 2.97. The number of allylic oxidation sites excluding steroid dienone is 4. The Hall–Kier alpha value is -0.640. The molecule has 0 aliphatic carbocycles. The van der Waals surface area contributed by atoms with Crippen LogP contribution in [-0.2, 0) is 0 Å². The van der Waals surface area contributed by atoms with Crippen LogP contribution in [0, 0.1) is 0 Å². The van der Waals surface area contributed by atoms with Crippen molar-refractivity contribution in [2.24, 2.45) is 5.73 Å². The quantitative estimate of drug-likeness (QED) is 0.428. The van der Waals surface area contributed by atoms with E-state index in [4.69, 9.17) is 5.73 Å². The number of unbranched alkanes of at least 4 members (excludes halogenated alkanes) is 5. The molecule has 1 aliphatic heterocycles. The average Bonchev–Trinajstić information content (AvgIpc) is 2.48. The normalized spacial score (nSPS) is 26.9. The van der Waals surface area contributed by atoms with Crippen LogP contribution >= 0.6 is 0 Å². The van der Waals surface area contributed by atoms with E-state index in [0.29, 0.717) is 6.04 Å². The lowest BCUT2D eigenvalue weighted by Crippen LogP contribution is -2.53. The van der Waals surface area contributed by atoms with Crippen LogP contribution in [0.1, 0.15) is 64.7 Å².